The summed E-state index contributed by atoms with van der Waals surface area (Å²) in [5, 5.41) is 14.9. The Morgan fingerprint density at radius 3 is 1.50 bits per heavy atom. The van der Waals surface area contributed by atoms with Crippen LogP contribution in [0.2, 0.25) is 0 Å². The molecule has 6 rings (SSSR count). The lowest BCUT2D eigenvalue weighted by Gasteiger charge is -2.12. The maximum Gasteiger partial charge on any atom is 0.390 e. The van der Waals surface area contributed by atoms with Crippen molar-refractivity contribution in [1.82, 2.24) is 18.8 Å². The number of carboxylic acid groups (broad SMARTS) is 1. The van der Waals surface area contributed by atoms with Gasteiger partial charge in [0.25, 0.3) is 0 Å². The SMILES string of the molecule is C/C=C/c1cc(NCCC(F)(F)F)c2ncc(-c3ccc(C(=O)CCC)c(C)c3)n2c1.C/C=C/c1cc(NCCC(F)(F)F)c2ncc(-c3ccc(C(=O)O)c(C)c3)n2c1. The lowest BCUT2D eigenvalue weighted by atomic mass is 9.98. The third-order valence-electron chi connectivity index (χ3n) is 9.47. The average molecular weight is 833 g/mol. The number of pyridine rings is 2. The summed E-state index contributed by atoms with van der Waals surface area (Å²) in [6.07, 6.45) is 5.47. The number of rotatable bonds is 14. The number of benzene rings is 2. The van der Waals surface area contributed by atoms with Gasteiger partial charge in [-0.3, -0.25) is 13.6 Å². The second-order valence-electron chi connectivity index (χ2n) is 14.2. The van der Waals surface area contributed by atoms with Crippen LogP contribution in [0, 0.1) is 13.8 Å². The fourth-order valence-corrected chi connectivity index (χ4v) is 6.71. The molecule has 3 N–H and O–H groups in total. The van der Waals surface area contributed by atoms with Crippen molar-refractivity contribution in [2.75, 3.05) is 23.7 Å². The monoisotopic (exact) mass is 832 g/mol. The van der Waals surface area contributed by atoms with Gasteiger partial charge in [-0.15, -0.1) is 0 Å². The Balaban J connectivity index is 0.000000228. The van der Waals surface area contributed by atoms with Gasteiger partial charge in [-0.05, 0) is 86.7 Å². The Bertz CT molecular complexity index is 2550. The number of ketones is 1. The molecule has 0 saturated heterocycles. The van der Waals surface area contributed by atoms with Crippen LogP contribution < -0.4 is 10.6 Å². The molecule has 0 aliphatic carbocycles. The van der Waals surface area contributed by atoms with E-state index in [1.165, 1.54) is 6.07 Å². The van der Waals surface area contributed by atoms with Gasteiger partial charge < -0.3 is 15.7 Å². The first kappa shape index (κ1) is 44.7. The Hall–Kier alpha value is -6.38. The van der Waals surface area contributed by atoms with Gasteiger partial charge in [0, 0.05) is 48.6 Å². The highest BCUT2D eigenvalue weighted by atomic mass is 19.4. The van der Waals surface area contributed by atoms with E-state index in [0.717, 1.165) is 39.9 Å². The number of carboxylic acids is 1. The molecule has 4 heterocycles. The third kappa shape index (κ3) is 11.2. The molecule has 0 spiro atoms. The summed E-state index contributed by atoms with van der Waals surface area (Å²) in [5.74, 6) is -0.880. The molecular formula is C45H46F6N6O3. The van der Waals surface area contributed by atoms with Crippen molar-refractivity contribution in [3.8, 4) is 22.5 Å². The number of aromatic carboxylic acids is 1. The Labute approximate surface area is 343 Å². The normalized spacial score (nSPS) is 12.1. The summed E-state index contributed by atoms with van der Waals surface area (Å²) in [6.45, 7) is 8.84. The van der Waals surface area contributed by atoms with Crippen molar-refractivity contribution in [2.24, 2.45) is 0 Å². The van der Waals surface area contributed by atoms with Gasteiger partial charge in [0.2, 0.25) is 0 Å². The van der Waals surface area contributed by atoms with Gasteiger partial charge in [0.1, 0.15) is 0 Å². The maximum absolute atomic E-state index is 12.6. The molecule has 0 aliphatic heterocycles. The average Bonchev–Trinajstić information content (AvgIpc) is 3.79. The number of fused-ring (bicyclic) bond motifs is 2. The molecule has 0 fully saturated rings. The largest absolute Gasteiger partial charge is 0.478 e. The Kier molecular flexibility index (Phi) is 14.3. The highest BCUT2D eigenvalue weighted by Crippen LogP contribution is 2.31. The highest BCUT2D eigenvalue weighted by molar-refractivity contribution is 5.98. The van der Waals surface area contributed by atoms with Crippen LogP contribution in [0.4, 0.5) is 37.7 Å². The van der Waals surface area contributed by atoms with Gasteiger partial charge in [-0.25, -0.2) is 14.8 Å². The highest BCUT2D eigenvalue weighted by Gasteiger charge is 2.27. The molecule has 15 heteroatoms. The van der Waals surface area contributed by atoms with E-state index in [2.05, 4.69) is 20.6 Å². The van der Waals surface area contributed by atoms with Crippen molar-refractivity contribution < 1.29 is 41.0 Å². The molecule has 0 bridgehead atoms. The van der Waals surface area contributed by atoms with Gasteiger partial charge in [-0.2, -0.15) is 26.3 Å². The fourth-order valence-electron chi connectivity index (χ4n) is 6.71. The lowest BCUT2D eigenvalue weighted by Crippen LogP contribution is -2.15. The summed E-state index contributed by atoms with van der Waals surface area (Å²) >= 11 is 0. The molecular weight excluding hydrogens is 787 g/mol. The molecule has 4 aromatic heterocycles. The van der Waals surface area contributed by atoms with Crippen molar-refractivity contribution in [3.63, 3.8) is 0 Å². The maximum atomic E-state index is 12.6. The smallest absolute Gasteiger partial charge is 0.390 e. The van der Waals surface area contributed by atoms with E-state index in [4.69, 9.17) is 0 Å². The van der Waals surface area contributed by atoms with E-state index >= 15 is 0 Å². The number of alkyl halides is 6. The Morgan fingerprint density at radius 2 is 1.13 bits per heavy atom. The fraction of sp³-hybridized carbons (Fsp3) is 0.289. The molecule has 0 atom stereocenters. The quantitative estimate of drug-likeness (QED) is 0.0740. The van der Waals surface area contributed by atoms with Crippen molar-refractivity contribution in [3.05, 3.63) is 119 Å². The number of hydrogen-bond donors (Lipinski definition) is 3. The molecule has 9 nitrogen and oxygen atoms in total. The zero-order valence-corrected chi connectivity index (χ0v) is 33.8. The minimum Gasteiger partial charge on any atom is -0.478 e. The van der Waals surface area contributed by atoms with Crippen molar-refractivity contribution in [1.29, 1.82) is 0 Å². The Morgan fingerprint density at radius 1 is 0.700 bits per heavy atom. The van der Waals surface area contributed by atoms with Gasteiger partial charge >= 0.3 is 18.3 Å². The molecule has 316 valence electrons. The number of imidazole rings is 2. The van der Waals surface area contributed by atoms with Crippen LogP contribution in [-0.2, 0) is 0 Å². The van der Waals surface area contributed by atoms with E-state index < -0.39 is 31.2 Å². The van der Waals surface area contributed by atoms with Gasteiger partial charge in [-0.1, -0.05) is 49.4 Å². The number of nitrogens with zero attached hydrogens (tertiary/aromatic N) is 4. The summed E-state index contributed by atoms with van der Waals surface area (Å²) in [7, 11) is 0. The summed E-state index contributed by atoms with van der Waals surface area (Å²) in [5.41, 5.74) is 9.31. The van der Waals surface area contributed by atoms with Crippen LogP contribution in [0.1, 0.15) is 89.4 Å². The molecule has 6 aromatic rings. The van der Waals surface area contributed by atoms with Crippen LogP contribution in [-0.4, -0.2) is 61.1 Å². The van der Waals surface area contributed by atoms with Gasteiger partial charge in [0.15, 0.2) is 17.1 Å². The van der Waals surface area contributed by atoms with E-state index in [9.17, 15) is 41.0 Å². The van der Waals surface area contributed by atoms with Crippen molar-refractivity contribution >= 4 is 46.6 Å². The van der Waals surface area contributed by atoms with E-state index in [1.807, 2.05) is 87.0 Å². The predicted molar refractivity (Wildman–Crippen MR) is 225 cm³/mol. The molecule has 60 heavy (non-hydrogen) atoms. The zero-order valence-electron chi connectivity index (χ0n) is 33.8. The number of carbonyl (C=O) groups is 2. The van der Waals surface area contributed by atoms with Crippen LogP contribution in [0.25, 0.3) is 46.0 Å². The van der Waals surface area contributed by atoms with Crippen molar-refractivity contribution in [2.45, 2.75) is 72.7 Å². The lowest BCUT2D eigenvalue weighted by molar-refractivity contribution is -0.132. The predicted octanol–water partition coefficient (Wildman–Crippen LogP) is 12.1. The first-order valence-corrected chi connectivity index (χ1v) is 19.3. The number of hydrogen-bond acceptors (Lipinski definition) is 6. The van der Waals surface area contributed by atoms with Crippen LogP contribution in [0.3, 0.4) is 0 Å². The second kappa shape index (κ2) is 19.1. The molecule has 0 radical (unpaired) electrons. The first-order chi connectivity index (χ1) is 28.4. The van der Waals surface area contributed by atoms with Crippen LogP contribution in [0.15, 0.2) is 85.5 Å². The molecule has 2 aromatic carbocycles. The standard InChI is InChI=1S/C24H26F3N3O.C21H20F3N3O2/c1-4-6-17-13-20(28-11-10-24(25,26)27)23-29-14-21(30(23)15-17)18-8-9-19(16(3)12-18)22(31)7-5-2;1-3-4-14-10-17(25-8-7-21(22,23)24)19-26-11-18(27(19)12-14)15-5-6-16(20(28)29)13(2)9-15/h4,6,8-9,12-15,28H,5,7,10-11H2,1-3H3;3-6,9-12,25H,7-8H2,1-2H3,(H,28,29)/b6-4+;4-3+. The minimum absolute atomic E-state index is 0.121. The number of Topliss-reactive ketones (excluding diaryl/α,β-unsaturated/α-hetero) is 1. The zero-order chi connectivity index (χ0) is 43.8. The summed E-state index contributed by atoms with van der Waals surface area (Å²) in [4.78, 5) is 32.4. The number of aromatic nitrogens is 4. The summed E-state index contributed by atoms with van der Waals surface area (Å²) < 4.78 is 78.9. The molecule has 0 saturated carbocycles. The number of anilines is 2. The minimum atomic E-state index is -4.24. The van der Waals surface area contributed by atoms with E-state index in [1.54, 1.807) is 48.0 Å². The number of nitrogens with one attached hydrogen (secondary N) is 2. The number of allylic oxidation sites excluding steroid dienone is 2. The third-order valence-corrected chi connectivity index (χ3v) is 9.47. The second-order valence-corrected chi connectivity index (χ2v) is 14.2. The van der Waals surface area contributed by atoms with Gasteiger partial charge in [0.05, 0.1) is 53.6 Å². The van der Waals surface area contributed by atoms with E-state index in [0.29, 0.717) is 45.9 Å². The number of aryl methyl sites for hydroxylation is 2. The number of halogens is 6. The summed E-state index contributed by atoms with van der Waals surface area (Å²) in [6, 6.07) is 14.2. The molecule has 0 amide bonds. The number of carbonyl (C=O) groups excluding carboxylic acids is 1. The van der Waals surface area contributed by atoms with Crippen LogP contribution >= 0.6 is 0 Å². The van der Waals surface area contributed by atoms with E-state index in [-0.39, 0.29) is 24.4 Å². The first-order valence-electron chi connectivity index (χ1n) is 19.3. The topological polar surface area (TPSA) is 113 Å². The molecule has 0 unspecified atom stereocenters. The van der Waals surface area contributed by atoms with Crippen LogP contribution in [0.5, 0.6) is 0 Å². The molecule has 0 aliphatic rings.